The molecule has 0 heterocycles. The molecule has 0 amide bonds. The van der Waals surface area contributed by atoms with Crippen LogP contribution in [0.4, 0.5) is 0 Å². The lowest BCUT2D eigenvalue weighted by molar-refractivity contribution is 0.0995. The monoisotopic (exact) mass is 294 g/mol. The Balaban J connectivity index is 2.58. The summed E-state index contributed by atoms with van der Waals surface area (Å²) in [5, 5.41) is -0.529. The first kappa shape index (κ1) is 12.3. The Labute approximate surface area is 113 Å². The highest BCUT2D eigenvalue weighted by Crippen LogP contribution is 2.44. The third kappa shape index (κ3) is 1.86. The summed E-state index contributed by atoms with van der Waals surface area (Å²) < 4.78 is -0.0539. The molecule has 0 aliphatic heterocycles. The number of ketones is 1. The molecule has 1 aromatic rings. The molecule has 1 nitrogen and oxygen atoms in total. The lowest BCUT2D eigenvalue weighted by atomic mass is 10.0. The number of benzene rings is 1. The van der Waals surface area contributed by atoms with E-state index in [1.807, 2.05) is 6.07 Å². The number of alkyl halides is 1. The van der Waals surface area contributed by atoms with Gasteiger partial charge in [-0.3, -0.25) is 4.79 Å². The summed E-state index contributed by atoms with van der Waals surface area (Å²) in [6, 6.07) is 7.13. The Hall–Kier alpha value is -0.210. The molecule has 0 unspecified atom stereocenters. The van der Waals surface area contributed by atoms with E-state index in [1.165, 1.54) is 0 Å². The molecule has 2 atom stereocenters. The quantitative estimate of drug-likeness (QED) is 0.699. The first-order valence-corrected chi connectivity index (χ1v) is 6.09. The molecule has 1 aliphatic carbocycles. The smallest absolute Gasteiger partial charge is 0.181 e. The standard InChI is InChI=1S/C11H6Cl4O/c12-8-7(9(13)11(14)15)5-3-1-2-4-6(5)10(8)16/h1-4,7-8H/t7-,8-/m0/s1. The molecule has 5 heteroatoms. The molecule has 0 aromatic heterocycles. The number of halogens is 4. The second-order valence-electron chi connectivity index (χ2n) is 3.44. The topological polar surface area (TPSA) is 17.1 Å². The fourth-order valence-electron chi connectivity index (χ4n) is 1.83. The SMILES string of the molecule is O=C1c2ccccc2[C@H](C(Cl)=C(Cl)Cl)[C@@H]1Cl. The maximum Gasteiger partial charge on any atom is 0.181 e. The lowest BCUT2D eigenvalue weighted by Gasteiger charge is -2.13. The molecule has 16 heavy (non-hydrogen) atoms. The van der Waals surface area contributed by atoms with Gasteiger partial charge in [-0.15, -0.1) is 11.6 Å². The second kappa shape index (κ2) is 4.58. The van der Waals surface area contributed by atoms with E-state index in [9.17, 15) is 4.79 Å². The van der Waals surface area contributed by atoms with E-state index in [-0.39, 0.29) is 15.3 Å². The minimum absolute atomic E-state index is 0.0539. The van der Waals surface area contributed by atoms with Crippen molar-refractivity contribution in [2.24, 2.45) is 0 Å². The largest absolute Gasteiger partial charge is 0.292 e. The number of rotatable bonds is 1. The number of carbonyl (C=O) groups excluding carboxylic acids is 1. The maximum atomic E-state index is 11.8. The van der Waals surface area contributed by atoms with Crippen molar-refractivity contribution in [3.8, 4) is 0 Å². The van der Waals surface area contributed by atoms with E-state index in [0.717, 1.165) is 5.56 Å². The van der Waals surface area contributed by atoms with Crippen LogP contribution in [0.2, 0.25) is 0 Å². The van der Waals surface area contributed by atoms with Crippen LogP contribution in [0.1, 0.15) is 21.8 Å². The Kier molecular flexibility index (Phi) is 3.50. The Morgan fingerprint density at radius 3 is 2.38 bits per heavy atom. The van der Waals surface area contributed by atoms with Gasteiger partial charge in [0, 0.05) is 11.5 Å². The van der Waals surface area contributed by atoms with E-state index in [1.54, 1.807) is 18.2 Å². The van der Waals surface area contributed by atoms with Gasteiger partial charge < -0.3 is 0 Å². The van der Waals surface area contributed by atoms with Crippen LogP contribution in [0.25, 0.3) is 0 Å². The molecule has 2 rings (SSSR count). The van der Waals surface area contributed by atoms with Crippen LogP contribution in [0.3, 0.4) is 0 Å². The molecule has 0 saturated carbocycles. The second-order valence-corrected chi connectivity index (χ2v) is 5.27. The van der Waals surface area contributed by atoms with Gasteiger partial charge in [-0.1, -0.05) is 59.1 Å². The number of hydrogen-bond acceptors (Lipinski definition) is 1. The number of fused-ring (bicyclic) bond motifs is 1. The fourth-order valence-corrected chi connectivity index (χ4v) is 2.76. The molecule has 84 valence electrons. The molecule has 0 bridgehead atoms. The zero-order valence-corrected chi connectivity index (χ0v) is 10.9. The van der Waals surface area contributed by atoms with Crippen LogP contribution in [0.5, 0.6) is 0 Å². The van der Waals surface area contributed by atoms with Crippen LogP contribution < -0.4 is 0 Å². The van der Waals surface area contributed by atoms with Crippen molar-refractivity contribution in [1.29, 1.82) is 0 Å². The van der Waals surface area contributed by atoms with Crippen molar-refractivity contribution >= 4 is 52.2 Å². The molecule has 1 aliphatic rings. The first-order valence-electron chi connectivity index (χ1n) is 4.52. The van der Waals surface area contributed by atoms with Crippen molar-refractivity contribution in [1.82, 2.24) is 0 Å². The minimum atomic E-state index is -0.739. The van der Waals surface area contributed by atoms with Gasteiger partial charge >= 0.3 is 0 Å². The normalized spacial score (nSPS) is 23.1. The number of carbonyl (C=O) groups is 1. The fraction of sp³-hybridized carbons (Fsp3) is 0.182. The third-order valence-corrected chi connectivity index (χ3v) is 4.03. The average molecular weight is 296 g/mol. The highest BCUT2D eigenvalue weighted by molar-refractivity contribution is 6.59. The van der Waals surface area contributed by atoms with Gasteiger partial charge in [-0.2, -0.15) is 0 Å². The van der Waals surface area contributed by atoms with Gasteiger partial charge in [0.15, 0.2) is 5.78 Å². The van der Waals surface area contributed by atoms with Gasteiger partial charge in [-0.05, 0) is 5.56 Å². The zero-order chi connectivity index (χ0) is 11.9. The minimum Gasteiger partial charge on any atom is -0.292 e. The molecular formula is C11H6Cl4O. The summed E-state index contributed by atoms with van der Waals surface area (Å²) in [7, 11) is 0. The van der Waals surface area contributed by atoms with Gasteiger partial charge in [0.25, 0.3) is 0 Å². The van der Waals surface area contributed by atoms with Gasteiger partial charge in [-0.25, -0.2) is 0 Å². The average Bonchev–Trinajstić information content (AvgIpc) is 2.52. The highest BCUT2D eigenvalue weighted by Gasteiger charge is 2.40. The van der Waals surface area contributed by atoms with Gasteiger partial charge in [0.05, 0.1) is 5.03 Å². The number of Topliss-reactive ketones (excluding diaryl/α,β-unsaturated/α-hetero) is 1. The van der Waals surface area contributed by atoms with Gasteiger partial charge in [0.1, 0.15) is 9.87 Å². The Bertz CT molecular complexity index is 477. The van der Waals surface area contributed by atoms with Crippen LogP contribution in [0, 0.1) is 0 Å². The highest BCUT2D eigenvalue weighted by atomic mass is 35.5. The third-order valence-electron chi connectivity index (χ3n) is 2.56. The van der Waals surface area contributed by atoms with Crippen LogP contribution in [0.15, 0.2) is 33.8 Å². The maximum absolute atomic E-state index is 11.8. The Morgan fingerprint density at radius 2 is 1.75 bits per heavy atom. The van der Waals surface area contributed by atoms with Gasteiger partial charge in [0.2, 0.25) is 0 Å². The number of hydrogen-bond donors (Lipinski definition) is 0. The molecule has 0 spiro atoms. The molecule has 0 N–H and O–H groups in total. The zero-order valence-electron chi connectivity index (χ0n) is 7.88. The van der Waals surface area contributed by atoms with E-state index < -0.39 is 11.3 Å². The molecule has 0 saturated heterocycles. The van der Waals surface area contributed by atoms with Crippen molar-refractivity contribution < 1.29 is 4.79 Å². The van der Waals surface area contributed by atoms with E-state index >= 15 is 0 Å². The summed E-state index contributed by atoms with van der Waals surface area (Å²) in [5.41, 5.74) is 1.36. The predicted molar refractivity (Wildman–Crippen MR) is 67.7 cm³/mol. The summed E-state index contributed by atoms with van der Waals surface area (Å²) in [4.78, 5) is 11.8. The summed E-state index contributed by atoms with van der Waals surface area (Å²) >= 11 is 23.3. The molecule has 0 fully saturated rings. The molecule has 1 aromatic carbocycles. The van der Waals surface area contributed by atoms with E-state index in [0.29, 0.717) is 5.56 Å². The Morgan fingerprint density at radius 1 is 1.12 bits per heavy atom. The molecule has 0 radical (unpaired) electrons. The van der Waals surface area contributed by atoms with Crippen molar-refractivity contribution in [2.75, 3.05) is 0 Å². The summed E-state index contributed by atoms with van der Waals surface area (Å²) in [5.74, 6) is -0.591. The predicted octanol–water partition coefficient (Wildman–Crippen LogP) is 4.46. The van der Waals surface area contributed by atoms with E-state index in [2.05, 4.69) is 0 Å². The van der Waals surface area contributed by atoms with Crippen LogP contribution >= 0.6 is 46.4 Å². The van der Waals surface area contributed by atoms with E-state index in [4.69, 9.17) is 46.4 Å². The summed E-state index contributed by atoms with van der Waals surface area (Å²) in [6.45, 7) is 0. The lowest BCUT2D eigenvalue weighted by Crippen LogP contribution is -2.13. The van der Waals surface area contributed by atoms with Crippen LogP contribution in [-0.2, 0) is 0 Å². The first-order chi connectivity index (χ1) is 7.54. The molecular weight excluding hydrogens is 290 g/mol. The van der Waals surface area contributed by atoms with Crippen LogP contribution in [-0.4, -0.2) is 11.2 Å². The summed E-state index contributed by atoms with van der Waals surface area (Å²) in [6.07, 6.45) is 0. The van der Waals surface area contributed by atoms with Crippen molar-refractivity contribution in [3.05, 3.63) is 44.9 Å². The van der Waals surface area contributed by atoms with Crippen molar-refractivity contribution in [2.45, 2.75) is 11.3 Å². The number of allylic oxidation sites excluding steroid dienone is 1. The van der Waals surface area contributed by atoms with Crippen molar-refractivity contribution in [3.63, 3.8) is 0 Å².